The summed E-state index contributed by atoms with van der Waals surface area (Å²) < 4.78 is 4.29. The molecule has 0 saturated carbocycles. The van der Waals surface area contributed by atoms with Crippen LogP contribution in [0, 0.1) is 0 Å². The monoisotopic (exact) mass is 165 g/mol. The largest absolute Gasteiger partial charge is 0.351 e. The molecule has 0 bridgehead atoms. The zero-order chi connectivity index (χ0) is 9.14. The van der Waals surface area contributed by atoms with Crippen LogP contribution in [-0.2, 0) is 0 Å². The van der Waals surface area contributed by atoms with Gasteiger partial charge in [0, 0.05) is 30.6 Å². The van der Waals surface area contributed by atoms with E-state index in [9.17, 15) is 0 Å². The normalized spacial score (nSPS) is 10.4. The Morgan fingerprint density at radius 3 is 2.00 bits per heavy atom. The Morgan fingerprint density at radius 2 is 1.67 bits per heavy atom. The van der Waals surface area contributed by atoms with Crippen molar-refractivity contribution >= 4 is 0 Å². The van der Waals surface area contributed by atoms with E-state index in [1.807, 2.05) is 0 Å². The van der Waals surface area contributed by atoms with E-state index in [1.54, 1.807) is 0 Å². The molecule has 1 rings (SSSR count). The first-order valence-corrected chi connectivity index (χ1v) is 4.29. The highest BCUT2D eigenvalue weighted by Gasteiger charge is 1.94. The summed E-state index contributed by atoms with van der Waals surface area (Å²) in [5, 5.41) is 1.24. The van der Waals surface area contributed by atoms with Gasteiger partial charge in [0.2, 0.25) is 5.36 Å². The average molecular weight is 165 g/mol. The van der Waals surface area contributed by atoms with Crippen molar-refractivity contribution in [1.29, 1.82) is 0 Å². The van der Waals surface area contributed by atoms with E-state index in [0.717, 1.165) is 0 Å². The highest BCUT2D eigenvalue weighted by molar-refractivity contribution is 4.94. The molecule has 1 heterocycles. The molecular weight excluding hydrogens is 148 g/mol. The quantitative estimate of drug-likeness (QED) is 0.551. The van der Waals surface area contributed by atoms with Crippen LogP contribution in [0.15, 0.2) is 24.5 Å². The van der Waals surface area contributed by atoms with E-state index in [0.29, 0.717) is 6.04 Å². The standard InChI is InChI=1S/C10H17N2/c1-9(2)12-7-5-10(6-8-12)11(3)4/h5-9H,1-4H3/q+1. The molecule has 0 fully saturated rings. The lowest BCUT2D eigenvalue weighted by Gasteiger charge is -2.08. The molecule has 2 heteroatoms. The van der Waals surface area contributed by atoms with Gasteiger partial charge in [0.05, 0.1) is 0 Å². The van der Waals surface area contributed by atoms with Crippen LogP contribution in [0.1, 0.15) is 19.9 Å². The van der Waals surface area contributed by atoms with Gasteiger partial charge in [-0.3, -0.25) is 0 Å². The van der Waals surface area contributed by atoms with Gasteiger partial charge in [-0.1, -0.05) is 0 Å². The Kier molecular flexibility index (Phi) is 2.69. The molecule has 12 heavy (non-hydrogen) atoms. The van der Waals surface area contributed by atoms with Crippen molar-refractivity contribution in [3.8, 4) is 0 Å². The lowest BCUT2D eigenvalue weighted by Crippen LogP contribution is -2.21. The van der Waals surface area contributed by atoms with E-state index in [-0.39, 0.29) is 0 Å². The number of hydrogen-bond donors (Lipinski definition) is 0. The zero-order valence-corrected chi connectivity index (χ0v) is 8.28. The topological polar surface area (TPSA) is 7.94 Å². The van der Waals surface area contributed by atoms with E-state index in [2.05, 4.69) is 61.6 Å². The molecule has 0 radical (unpaired) electrons. The summed E-state index contributed by atoms with van der Waals surface area (Å²) in [6.07, 6.45) is 4.22. The van der Waals surface area contributed by atoms with Crippen molar-refractivity contribution < 1.29 is 0 Å². The van der Waals surface area contributed by atoms with Crippen LogP contribution in [0.25, 0.3) is 0 Å². The molecule has 0 aliphatic heterocycles. The first-order valence-electron chi connectivity index (χ1n) is 4.29. The van der Waals surface area contributed by atoms with Crippen molar-refractivity contribution in [2.24, 2.45) is 0 Å². The molecule has 0 aromatic carbocycles. The Balaban J connectivity index is 3.10. The van der Waals surface area contributed by atoms with Crippen molar-refractivity contribution in [1.82, 2.24) is 9.14 Å². The third-order valence-corrected chi connectivity index (χ3v) is 1.95. The minimum atomic E-state index is 0.543. The van der Waals surface area contributed by atoms with E-state index in [1.165, 1.54) is 5.36 Å². The Labute approximate surface area is 73.8 Å². The van der Waals surface area contributed by atoms with Crippen molar-refractivity contribution in [2.45, 2.75) is 19.9 Å². The molecule has 0 N–H and O–H groups in total. The third kappa shape index (κ3) is 1.97. The number of nitrogens with zero attached hydrogens (tertiary/aromatic N) is 2. The summed E-state index contributed by atoms with van der Waals surface area (Å²) in [6, 6.07) is 4.79. The van der Waals surface area contributed by atoms with Gasteiger partial charge < -0.3 is 4.57 Å². The first-order chi connectivity index (χ1) is 5.61. The van der Waals surface area contributed by atoms with Gasteiger partial charge in [0.25, 0.3) is 0 Å². The summed E-state index contributed by atoms with van der Waals surface area (Å²) in [5.74, 6) is 0. The van der Waals surface area contributed by atoms with Crippen LogP contribution < -0.4 is 9.93 Å². The summed E-state index contributed by atoms with van der Waals surface area (Å²) >= 11 is 0. The van der Waals surface area contributed by atoms with Gasteiger partial charge in [-0.25, -0.2) is 4.58 Å². The maximum atomic E-state index is 2.19. The second kappa shape index (κ2) is 3.57. The van der Waals surface area contributed by atoms with Crippen LogP contribution in [-0.4, -0.2) is 18.7 Å². The summed E-state index contributed by atoms with van der Waals surface area (Å²) in [4.78, 5) is 0. The predicted molar refractivity (Wildman–Crippen MR) is 51.9 cm³/mol. The molecular formula is C10H17N2+. The van der Waals surface area contributed by atoms with Crippen LogP contribution in [0.4, 0.5) is 0 Å². The van der Waals surface area contributed by atoms with Crippen LogP contribution in [0.3, 0.4) is 0 Å². The fourth-order valence-electron chi connectivity index (χ4n) is 1.07. The molecule has 0 amide bonds. The highest BCUT2D eigenvalue weighted by atomic mass is 15.0. The van der Waals surface area contributed by atoms with Crippen molar-refractivity contribution in [3.63, 3.8) is 0 Å². The van der Waals surface area contributed by atoms with Crippen molar-refractivity contribution in [3.05, 3.63) is 29.9 Å². The lowest BCUT2D eigenvalue weighted by atomic mass is 10.3. The smallest absolute Gasteiger partial charge is 0.202 e. The summed E-state index contributed by atoms with van der Waals surface area (Å²) in [7, 11) is 4.10. The molecule has 1 aromatic rings. The highest BCUT2D eigenvalue weighted by Crippen LogP contribution is 1.99. The van der Waals surface area contributed by atoms with Gasteiger partial charge in [0.15, 0.2) is 0 Å². The minimum absolute atomic E-state index is 0.543. The molecule has 0 unspecified atom stereocenters. The maximum Gasteiger partial charge on any atom is 0.202 e. The van der Waals surface area contributed by atoms with Gasteiger partial charge >= 0.3 is 0 Å². The molecule has 2 nitrogen and oxygen atoms in total. The minimum Gasteiger partial charge on any atom is -0.351 e. The first kappa shape index (κ1) is 9.04. The second-order valence-electron chi connectivity index (χ2n) is 3.49. The van der Waals surface area contributed by atoms with E-state index in [4.69, 9.17) is 0 Å². The Bertz CT molecular complexity index is 296. The number of aromatic nitrogens is 1. The third-order valence-electron chi connectivity index (χ3n) is 1.95. The molecule has 1 aromatic heterocycles. The number of pyridine rings is 1. The van der Waals surface area contributed by atoms with Crippen LogP contribution >= 0.6 is 0 Å². The molecule has 0 atom stereocenters. The van der Waals surface area contributed by atoms with Crippen LogP contribution in [0.5, 0.6) is 0 Å². The SMILES string of the molecule is CC(C)n1ccc(=[N+](C)C)cc1. The molecule has 0 aliphatic carbocycles. The summed E-state index contributed by atoms with van der Waals surface area (Å²) in [6.45, 7) is 4.35. The predicted octanol–water partition coefficient (Wildman–Crippen LogP) is 1.10. The Morgan fingerprint density at radius 1 is 1.17 bits per heavy atom. The van der Waals surface area contributed by atoms with Crippen LogP contribution in [0.2, 0.25) is 0 Å². The van der Waals surface area contributed by atoms with E-state index >= 15 is 0 Å². The zero-order valence-electron chi connectivity index (χ0n) is 8.28. The fourth-order valence-corrected chi connectivity index (χ4v) is 1.07. The lowest BCUT2D eigenvalue weighted by molar-refractivity contribution is 0.593. The molecule has 0 aliphatic rings. The average Bonchev–Trinajstić information content (AvgIpc) is 2.04. The van der Waals surface area contributed by atoms with Gasteiger partial charge in [-0.2, -0.15) is 0 Å². The van der Waals surface area contributed by atoms with E-state index < -0.39 is 0 Å². The van der Waals surface area contributed by atoms with Gasteiger partial charge in [-0.05, 0) is 13.8 Å². The molecule has 0 spiro atoms. The molecule has 66 valence electrons. The number of rotatable bonds is 1. The summed E-state index contributed by atoms with van der Waals surface area (Å²) in [5.41, 5.74) is 0. The van der Waals surface area contributed by atoms with Gasteiger partial charge in [0.1, 0.15) is 14.1 Å². The molecule has 0 saturated heterocycles. The maximum absolute atomic E-state index is 2.19. The van der Waals surface area contributed by atoms with Gasteiger partial charge in [-0.15, -0.1) is 0 Å². The number of hydrogen-bond acceptors (Lipinski definition) is 0. The fraction of sp³-hybridized carbons (Fsp3) is 0.500. The van der Waals surface area contributed by atoms with Crippen molar-refractivity contribution in [2.75, 3.05) is 14.1 Å². The second-order valence-corrected chi connectivity index (χ2v) is 3.49. The Hall–Kier alpha value is -1.05.